The number of rotatable bonds is 2. The predicted octanol–water partition coefficient (Wildman–Crippen LogP) is 1.01. The maximum absolute atomic E-state index is 5.96. The van der Waals surface area contributed by atoms with Crippen molar-refractivity contribution in [3.05, 3.63) is 17.8 Å². The minimum Gasteiger partial charge on any atom is -0.368 e. The number of nitrogen functional groups attached to an aromatic ring is 1. The van der Waals surface area contributed by atoms with Crippen molar-refractivity contribution in [2.75, 3.05) is 43.9 Å². The van der Waals surface area contributed by atoms with E-state index in [1.54, 1.807) is 0 Å². The molecule has 4 rings (SSSR count). The fourth-order valence-corrected chi connectivity index (χ4v) is 3.32. The minimum atomic E-state index is 0.322. The minimum absolute atomic E-state index is 0.322. The Hall–Kier alpha value is -2.15. The van der Waals surface area contributed by atoms with Crippen molar-refractivity contribution in [2.45, 2.75) is 25.8 Å². The first-order chi connectivity index (χ1) is 11.2. The van der Waals surface area contributed by atoms with E-state index in [0.29, 0.717) is 5.95 Å². The Balaban J connectivity index is 1.65. The summed E-state index contributed by atoms with van der Waals surface area (Å²) in [5, 5.41) is 4.70. The van der Waals surface area contributed by atoms with E-state index in [0.717, 1.165) is 56.4 Å². The summed E-state index contributed by atoms with van der Waals surface area (Å²) in [6.45, 7) is 5.01. The van der Waals surface area contributed by atoms with E-state index in [4.69, 9.17) is 10.8 Å². The van der Waals surface area contributed by atoms with Gasteiger partial charge >= 0.3 is 0 Å². The maximum Gasteiger partial charge on any atom is 0.222 e. The number of hydrogen-bond acceptors (Lipinski definition) is 6. The largest absolute Gasteiger partial charge is 0.368 e. The molecule has 1 saturated heterocycles. The van der Waals surface area contributed by atoms with Crippen LogP contribution in [0, 0.1) is 0 Å². The van der Waals surface area contributed by atoms with Gasteiger partial charge < -0.3 is 15.5 Å². The molecule has 2 aliphatic heterocycles. The van der Waals surface area contributed by atoms with E-state index in [2.05, 4.69) is 37.6 Å². The van der Waals surface area contributed by atoms with Crippen molar-refractivity contribution in [1.82, 2.24) is 24.6 Å². The Labute approximate surface area is 136 Å². The first-order valence-electron chi connectivity index (χ1n) is 8.34. The molecule has 7 nitrogen and oxygen atoms in total. The van der Waals surface area contributed by atoms with Gasteiger partial charge in [0, 0.05) is 44.5 Å². The van der Waals surface area contributed by atoms with Crippen LogP contribution in [0.15, 0.2) is 12.1 Å². The third kappa shape index (κ3) is 2.88. The average molecular weight is 313 g/mol. The molecular formula is C16H23N7. The highest BCUT2D eigenvalue weighted by molar-refractivity contribution is 5.61. The van der Waals surface area contributed by atoms with Crippen LogP contribution in [0.25, 0.3) is 11.4 Å². The number of piperazine rings is 1. The average Bonchev–Trinajstić information content (AvgIpc) is 2.99. The summed E-state index contributed by atoms with van der Waals surface area (Å²) in [6.07, 6.45) is 3.54. The topological polar surface area (TPSA) is 76.1 Å². The maximum atomic E-state index is 5.96. The van der Waals surface area contributed by atoms with Crippen LogP contribution in [0.1, 0.15) is 18.5 Å². The van der Waals surface area contributed by atoms with Gasteiger partial charge in [0.25, 0.3) is 0 Å². The molecule has 0 spiro atoms. The molecule has 23 heavy (non-hydrogen) atoms. The van der Waals surface area contributed by atoms with E-state index in [1.807, 2.05) is 6.07 Å². The first kappa shape index (κ1) is 14.4. The van der Waals surface area contributed by atoms with Crippen molar-refractivity contribution < 1.29 is 0 Å². The molecule has 2 aromatic rings. The van der Waals surface area contributed by atoms with Gasteiger partial charge in [-0.25, -0.2) is 4.98 Å². The summed E-state index contributed by atoms with van der Waals surface area (Å²) < 4.78 is 2.10. The fourth-order valence-electron chi connectivity index (χ4n) is 3.32. The molecule has 0 amide bonds. The lowest BCUT2D eigenvalue weighted by Gasteiger charge is -2.33. The monoisotopic (exact) mass is 313 g/mol. The molecule has 7 heteroatoms. The summed E-state index contributed by atoms with van der Waals surface area (Å²) >= 11 is 0. The zero-order valence-electron chi connectivity index (χ0n) is 13.6. The van der Waals surface area contributed by atoms with Gasteiger partial charge in [0.1, 0.15) is 11.5 Å². The van der Waals surface area contributed by atoms with Crippen LogP contribution in [0.4, 0.5) is 11.8 Å². The summed E-state index contributed by atoms with van der Waals surface area (Å²) in [5.41, 5.74) is 8.99. The standard InChI is InChI=1S/C16H23N7/c1-21-6-8-22(9-7-21)15-11-13(18-16(17)19-15)14-10-12-4-2-3-5-23(12)20-14/h10-11H,2-9H2,1H3,(H2,17,18,19). The lowest BCUT2D eigenvalue weighted by atomic mass is 10.1. The van der Waals surface area contributed by atoms with Gasteiger partial charge in [-0.1, -0.05) is 0 Å². The van der Waals surface area contributed by atoms with E-state index in [1.165, 1.54) is 18.5 Å². The van der Waals surface area contributed by atoms with Gasteiger partial charge in [-0.3, -0.25) is 4.68 Å². The molecule has 2 aliphatic rings. The van der Waals surface area contributed by atoms with E-state index in [-0.39, 0.29) is 0 Å². The molecule has 1 fully saturated rings. The Morgan fingerprint density at radius 1 is 0.957 bits per heavy atom. The zero-order valence-corrected chi connectivity index (χ0v) is 13.6. The third-order valence-electron chi connectivity index (χ3n) is 4.74. The lowest BCUT2D eigenvalue weighted by molar-refractivity contribution is 0.312. The molecule has 0 saturated carbocycles. The van der Waals surface area contributed by atoms with Crippen LogP contribution in [0.3, 0.4) is 0 Å². The number of hydrogen-bond donors (Lipinski definition) is 1. The molecule has 0 radical (unpaired) electrons. The second-order valence-electron chi connectivity index (χ2n) is 6.46. The molecule has 0 unspecified atom stereocenters. The quantitative estimate of drug-likeness (QED) is 0.892. The highest BCUT2D eigenvalue weighted by Crippen LogP contribution is 2.25. The van der Waals surface area contributed by atoms with Gasteiger partial charge in [0.15, 0.2) is 0 Å². The van der Waals surface area contributed by atoms with Crippen LogP contribution in [0.5, 0.6) is 0 Å². The molecule has 0 atom stereocenters. The van der Waals surface area contributed by atoms with Gasteiger partial charge in [0.05, 0.1) is 5.69 Å². The van der Waals surface area contributed by atoms with Crippen LogP contribution < -0.4 is 10.6 Å². The van der Waals surface area contributed by atoms with Crippen LogP contribution in [0.2, 0.25) is 0 Å². The number of aryl methyl sites for hydroxylation is 2. The SMILES string of the molecule is CN1CCN(c2cc(-c3cc4n(n3)CCCC4)nc(N)n2)CC1. The molecule has 0 aromatic carbocycles. The second kappa shape index (κ2) is 5.81. The Morgan fingerprint density at radius 3 is 2.57 bits per heavy atom. The highest BCUT2D eigenvalue weighted by Gasteiger charge is 2.19. The number of likely N-dealkylation sites (N-methyl/N-ethyl adjacent to an activating group) is 1. The summed E-state index contributed by atoms with van der Waals surface area (Å²) in [6, 6.07) is 4.17. The number of anilines is 2. The lowest BCUT2D eigenvalue weighted by Crippen LogP contribution is -2.44. The molecular weight excluding hydrogens is 290 g/mol. The van der Waals surface area contributed by atoms with Crippen LogP contribution in [-0.2, 0) is 13.0 Å². The number of fused-ring (bicyclic) bond motifs is 1. The number of nitrogens with two attached hydrogens (primary N) is 1. The smallest absolute Gasteiger partial charge is 0.222 e. The summed E-state index contributed by atoms with van der Waals surface area (Å²) in [5.74, 6) is 1.23. The van der Waals surface area contributed by atoms with E-state index >= 15 is 0 Å². The Bertz CT molecular complexity index is 677. The van der Waals surface area contributed by atoms with Crippen molar-refractivity contribution >= 4 is 11.8 Å². The first-order valence-corrected chi connectivity index (χ1v) is 8.34. The second-order valence-corrected chi connectivity index (χ2v) is 6.46. The highest BCUT2D eigenvalue weighted by atomic mass is 15.3. The summed E-state index contributed by atoms with van der Waals surface area (Å²) in [4.78, 5) is 13.4. The molecule has 122 valence electrons. The predicted molar refractivity (Wildman–Crippen MR) is 90.3 cm³/mol. The van der Waals surface area contributed by atoms with Gasteiger partial charge in [-0.05, 0) is 32.4 Å². The van der Waals surface area contributed by atoms with Crippen molar-refractivity contribution in [1.29, 1.82) is 0 Å². The number of aromatic nitrogens is 4. The Kier molecular flexibility index (Phi) is 3.65. The van der Waals surface area contributed by atoms with Crippen LogP contribution in [-0.4, -0.2) is 57.9 Å². The van der Waals surface area contributed by atoms with Crippen LogP contribution >= 0.6 is 0 Å². The normalized spacial score (nSPS) is 18.9. The van der Waals surface area contributed by atoms with Gasteiger partial charge in [-0.2, -0.15) is 10.1 Å². The molecule has 2 N–H and O–H groups in total. The number of nitrogens with zero attached hydrogens (tertiary/aromatic N) is 6. The third-order valence-corrected chi connectivity index (χ3v) is 4.74. The van der Waals surface area contributed by atoms with Crippen molar-refractivity contribution in [3.63, 3.8) is 0 Å². The summed E-state index contributed by atoms with van der Waals surface area (Å²) in [7, 11) is 2.15. The zero-order chi connectivity index (χ0) is 15.8. The van der Waals surface area contributed by atoms with Crippen molar-refractivity contribution in [3.8, 4) is 11.4 Å². The van der Waals surface area contributed by atoms with E-state index < -0.39 is 0 Å². The molecule has 4 heterocycles. The van der Waals surface area contributed by atoms with Gasteiger partial charge in [-0.15, -0.1) is 0 Å². The van der Waals surface area contributed by atoms with Crippen molar-refractivity contribution in [2.24, 2.45) is 0 Å². The van der Waals surface area contributed by atoms with E-state index in [9.17, 15) is 0 Å². The molecule has 2 aromatic heterocycles. The fraction of sp³-hybridized carbons (Fsp3) is 0.562. The Morgan fingerprint density at radius 2 is 1.78 bits per heavy atom. The van der Waals surface area contributed by atoms with Gasteiger partial charge in [0.2, 0.25) is 5.95 Å². The molecule has 0 bridgehead atoms. The molecule has 0 aliphatic carbocycles.